The minimum atomic E-state index is -0.677. The molecule has 5 rings (SSSR count). The highest BCUT2D eigenvalue weighted by atomic mass is 19.1. The van der Waals surface area contributed by atoms with E-state index in [0.29, 0.717) is 22.9 Å². The van der Waals surface area contributed by atoms with Gasteiger partial charge in [0, 0.05) is 50.1 Å². The number of urea groups is 1. The third-order valence-corrected chi connectivity index (χ3v) is 6.79. The minimum Gasteiger partial charge on any atom is -0.457 e. The summed E-state index contributed by atoms with van der Waals surface area (Å²) in [5, 5.41) is 12.8. The maximum absolute atomic E-state index is 15.0. The predicted octanol–water partition coefficient (Wildman–Crippen LogP) is 6.22. The third kappa shape index (κ3) is 6.74. The van der Waals surface area contributed by atoms with Gasteiger partial charge in [-0.25, -0.2) is 14.2 Å². The number of carbonyl (C=O) groups excluding carboxylic acids is 2. The lowest BCUT2D eigenvalue weighted by Gasteiger charge is -2.25. The predicted molar refractivity (Wildman–Crippen MR) is 160 cm³/mol. The molecule has 218 valence electrons. The first kappa shape index (κ1) is 28.7. The molecule has 0 atom stereocenters. The number of likely N-dealkylation sites (N-methyl/N-ethyl adjacent to an activating group) is 1. The van der Waals surface area contributed by atoms with Crippen molar-refractivity contribution in [3.63, 3.8) is 0 Å². The molecule has 2 aromatic carbocycles. The van der Waals surface area contributed by atoms with Gasteiger partial charge < -0.3 is 25.6 Å². The normalized spacial score (nSPS) is 13.3. The smallest absolute Gasteiger partial charge is 0.323 e. The first-order valence-corrected chi connectivity index (χ1v) is 13.6. The first-order chi connectivity index (χ1) is 19.9. The fourth-order valence-electron chi connectivity index (χ4n) is 4.66. The Labute approximate surface area is 243 Å². The molecular weight excluding hydrogens is 537 g/mol. The molecule has 42 heavy (non-hydrogen) atoms. The van der Waals surface area contributed by atoms with Crippen molar-refractivity contribution in [3.8, 4) is 22.8 Å². The van der Waals surface area contributed by atoms with Crippen molar-refractivity contribution in [1.29, 1.82) is 0 Å². The number of anilines is 3. The van der Waals surface area contributed by atoms with E-state index in [1.54, 1.807) is 12.3 Å². The molecule has 3 heterocycles. The van der Waals surface area contributed by atoms with Gasteiger partial charge in [0.2, 0.25) is 5.91 Å². The topological polar surface area (TPSA) is 113 Å². The van der Waals surface area contributed by atoms with Crippen molar-refractivity contribution in [2.45, 2.75) is 46.2 Å². The van der Waals surface area contributed by atoms with Crippen LogP contribution in [0.3, 0.4) is 0 Å². The van der Waals surface area contributed by atoms with E-state index in [2.05, 4.69) is 45.0 Å². The summed E-state index contributed by atoms with van der Waals surface area (Å²) in [7, 11) is 2.11. The first-order valence-electron chi connectivity index (χ1n) is 13.6. The van der Waals surface area contributed by atoms with Gasteiger partial charge in [0.1, 0.15) is 28.8 Å². The molecule has 0 spiro atoms. The molecule has 2 aromatic heterocycles. The average Bonchev–Trinajstić information content (AvgIpc) is 3.34. The van der Waals surface area contributed by atoms with Crippen LogP contribution in [0.5, 0.6) is 11.5 Å². The molecule has 0 aliphatic carbocycles. The number of pyridine rings is 1. The van der Waals surface area contributed by atoms with Crippen molar-refractivity contribution in [2.75, 3.05) is 29.5 Å². The Morgan fingerprint density at radius 2 is 1.71 bits per heavy atom. The van der Waals surface area contributed by atoms with Gasteiger partial charge in [-0.2, -0.15) is 5.10 Å². The van der Waals surface area contributed by atoms with E-state index >= 15 is 0 Å². The fourth-order valence-corrected chi connectivity index (χ4v) is 4.66. The second-order valence-corrected chi connectivity index (χ2v) is 11.4. The molecule has 1 aliphatic rings. The molecule has 1 aliphatic heterocycles. The molecular formula is C31H34FN7O3. The van der Waals surface area contributed by atoms with Crippen LogP contribution in [0.4, 0.5) is 26.4 Å². The lowest BCUT2D eigenvalue weighted by molar-refractivity contribution is -0.114. The summed E-state index contributed by atoms with van der Waals surface area (Å²) in [5.41, 5.74) is 4.29. The lowest BCUT2D eigenvalue weighted by Crippen LogP contribution is -2.26. The summed E-state index contributed by atoms with van der Waals surface area (Å²) in [6.07, 6.45) is 4.20. The van der Waals surface area contributed by atoms with Crippen LogP contribution in [-0.4, -0.2) is 45.2 Å². The quantitative estimate of drug-likeness (QED) is 0.253. The largest absolute Gasteiger partial charge is 0.457 e. The number of hydrogen-bond acceptors (Lipinski definition) is 6. The Bertz CT molecular complexity index is 1640. The second kappa shape index (κ2) is 11.6. The zero-order valence-electron chi connectivity index (χ0n) is 24.3. The maximum Gasteiger partial charge on any atom is 0.323 e. The van der Waals surface area contributed by atoms with Crippen LogP contribution in [0.25, 0.3) is 11.3 Å². The number of hydrogen-bond donors (Lipinski definition) is 3. The van der Waals surface area contributed by atoms with Crippen molar-refractivity contribution in [1.82, 2.24) is 19.7 Å². The summed E-state index contributed by atoms with van der Waals surface area (Å²) in [6, 6.07) is 12.9. The number of aromatic nitrogens is 3. The van der Waals surface area contributed by atoms with Gasteiger partial charge in [-0.15, -0.1) is 0 Å². The standard InChI is InChI=1S/C31H34FN7O3/c1-19(40)34-28-16-24(10-12-33-28)42-23-8-9-26(25(32)15-23)35-30(41)36-27-18-39(31(2,3)4)37-29(27)21-6-7-22-17-38(5)13-11-20(22)14-21/h6-10,12,14-16,18H,11,13,17H2,1-5H3,(H,33,34,40)(H2,35,36,41). The zero-order valence-corrected chi connectivity index (χ0v) is 24.3. The number of halogens is 1. The van der Waals surface area contributed by atoms with Crippen LogP contribution < -0.4 is 20.7 Å². The highest BCUT2D eigenvalue weighted by Gasteiger charge is 2.22. The van der Waals surface area contributed by atoms with Gasteiger partial charge in [-0.05, 0) is 69.6 Å². The zero-order chi connectivity index (χ0) is 30.0. The molecule has 0 bridgehead atoms. The van der Waals surface area contributed by atoms with E-state index in [1.807, 2.05) is 31.5 Å². The maximum atomic E-state index is 15.0. The second-order valence-electron chi connectivity index (χ2n) is 11.4. The highest BCUT2D eigenvalue weighted by Crippen LogP contribution is 2.32. The summed E-state index contributed by atoms with van der Waals surface area (Å²) in [6.45, 7) is 9.34. The van der Waals surface area contributed by atoms with Gasteiger partial charge in [-0.3, -0.25) is 9.48 Å². The molecule has 10 nitrogen and oxygen atoms in total. The third-order valence-electron chi connectivity index (χ3n) is 6.79. The molecule has 0 unspecified atom stereocenters. The highest BCUT2D eigenvalue weighted by molar-refractivity contribution is 6.02. The number of nitrogens with zero attached hydrogens (tertiary/aromatic N) is 4. The van der Waals surface area contributed by atoms with E-state index in [0.717, 1.165) is 25.1 Å². The number of carbonyl (C=O) groups is 2. The van der Waals surface area contributed by atoms with Crippen LogP contribution >= 0.6 is 0 Å². The van der Waals surface area contributed by atoms with Crippen molar-refractivity contribution >= 4 is 29.1 Å². The van der Waals surface area contributed by atoms with E-state index < -0.39 is 11.8 Å². The van der Waals surface area contributed by atoms with Crippen molar-refractivity contribution in [3.05, 3.63) is 77.9 Å². The monoisotopic (exact) mass is 571 g/mol. The average molecular weight is 572 g/mol. The molecule has 0 fully saturated rings. The summed E-state index contributed by atoms with van der Waals surface area (Å²) < 4.78 is 22.5. The molecule has 0 saturated carbocycles. The number of ether oxygens (including phenoxy) is 1. The van der Waals surface area contributed by atoms with Crippen LogP contribution in [0, 0.1) is 5.82 Å². The number of nitrogens with one attached hydrogen (secondary N) is 3. The number of benzene rings is 2. The number of rotatable bonds is 6. The van der Waals surface area contributed by atoms with Crippen LogP contribution in [-0.2, 0) is 23.3 Å². The SMILES string of the molecule is CC(=O)Nc1cc(Oc2ccc(NC(=O)Nc3cn(C(C)(C)C)nc3-c3ccc4c(c3)CCN(C)C4)c(F)c2)ccn1. The van der Waals surface area contributed by atoms with Gasteiger partial charge in [0.15, 0.2) is 0 Å². The Hall–Kier alpha value is -4.77. The Morgan fingerprint density at radius 1 is 0.952 bits per heavy atom. The van der Waals surface area contributed by atoms with Crippen molar-refractivity contribution in [2.24, 2.45) is 0 Å². The summed E-state index contributed by atoms with van der Waals surface area (Å²) in [4.78, 5) is 30.6. The molecule has 11 heteroatoms. The molecule has 3 amide bonds. The molecule has 4 aromatic rings. The van der Waals surface area contributed by atoms with E-state index in [1.165, 1.54) is 48.5 Å². The van der Waals surface area contributed by atoms with Crippen LogP contribution in [0.2, 0.25) is 0 Å². The Morgan fingerprint density at radius 3 is 2.45 bits per heavy atom. The van der Waals surface area contributed by atoms with Gasteiger partial charge in [0.25, 0.3) is 0 Å². The van der Waals surface area contributed by atoms with Crippen LogP contribution in [0.15, 0.2) is 60.9 Å². The fraction of sp³-hybridized carbons (Fsp3) is 0.290. The Kier molecular flexibility index (Phi) is 7.95. The molecule has 0 radical (unpaired) electrons. The Balaban J connectivity index is 1.32. The number of amides is 3. The van der Waals surface area contributed by atoms with E-state index in [4.69, 9.17) is 9.84 Å². The van der Waals surface area contributed by atoms with E-state index in [9.17, 15) is 14.0 Å². The molecule has 3 N–H and O–H groups in total. The van der Waals surface area contributed by atoms with E-state index in [-0.39, 0.29) is 22.9 Å². The lowest BCUT2D eigenvalue weighted by atomic mass is 9.96. The number of fused-ring (bicyclic) bond motifs is 1. The van der Waals surface area contributed by atoms with Crippen molar-refractivity contribution < 1.29 is 18.7 Å². The minimum absolute atomic E-state index is 0.0174. The van der Waals surface area contributed by atoms with Gasteiger partial charge >= 0.3 is 6.03 Å². The van der Waals surface area contributed by atoms with Gasteiger partial charge in [-0.1, -0.05) is 12.1 Å². The summed E-state index contributed by atoms with van der Waals surface area (Å²) >= 11 is 0. The molecule has 0 saturated heterocycles. The van der Waals surface area contributed by atoms with Gasteiger partial charge in [0.05, 0.1) is 16.9 Å². The van der Waals surface area contributed by atoms with Crippen LogP contribution in [0.1, 0.15) is 38.8 Å². The summed E-state index contributed by atoms with van der Waals surface area (Å²) in [5.74, 6) is -0.0559.